The second-order valence-electron chi connectivity index (χ2n) is 8.32. The van der Waals surface area contributed by atoms with Crippen molar-refractivity contribution < 1.29 is 19.4 Å². The minimum Gasteiger partial charge on any atom is -0.493 e. The zero-order valence-corrected chi connectivity index (χ0v) is 18.7. The summed E-state index contributed by atoms with van der Waals surface area (Å²) in [5.74, 6) is 0.441. The standard InChI is InChI=1S/C28H21N3O4/c32-27(25-17-34-23-14-5-6-15-24(23)35-25)30-29-26-21-12-3-4-13-22(21)31(28(26)33)16-19-10-7-9-18-8-1-2-11-20(18)19/h1-15,25,33H,16-17H2/t25-/m0/s1. The van der Waals surface area contributed by atoms with Crippen LogP contribution in [0.15, 0.2) is 101 Å². The highest BCUT2D eigenvalue weighted by molar-refractivity contribution is 5.96. The van der Waals surface area contributed by atoms with Crippen molar-refractivity contribution in [2.24, 2.45) is 10.2 Å². The van der Waals surface area contributed by atoms with Crippen LogP contribution < -0.4 is 9.47 Å². The van der Waals surface area contributed by atoms with E-state index in [0.29, 0.717) is 23.4 Å². The number of hydrogen-bond acceptors (Lipinski definition) is 5. The molecule has 1 amide bonds. The average molecular weight is 463 g/mol. The van der Waals surface area contributed by atoms with E-state index in [-0.39, 0.29) is 18.2 Å². The summed E-state index contributed by atoms with van der Waals surface area (Å²) < 4.78 is 13.1. The smallest absolute Gasteiger partial charge is 0.308 e. The molecule has 1 N–H and O–H groups in total. The molecule has 0 saturated heterocycles. The molecule has 1 atom stereocenters. The van der Waals surface area contributed by atoms with Crippen LogP contribution >= 0.6 is 0 Å². The number of rotatable bonds is 4. The maximum atomic E-state index is 12.7. The van der Waals surface area contributed by atoms with Crippen molar-refractivity contribution >= 4 is 33.3 Å². The first kappa shape index (κ1) is 20.9. The third-order valence-corrected chi connectivity index (χ3v) is 6.16. The Bertz CT molecular complexity index is 1600. The number of amides is 1. The minimum atomic E-state index is -0.903. The SMILES string of the molecule is O=C(N=Nc1c(O)n(Cc2cccc3ccccc23)c2ccccc12)[C@@H]1COc2ccccc2O1. The zero-order chi connectivity index (χ0) is 23.8. The summed E-state index contributed by atoms with van der Waals surface area (Å²) in [6, 6.07) is 28.9. The Morgan fingerprint density at radius 3 is 2.49 bits per heavy atom. The normalized spacial score (nSPS) is 15.1. The third-order valence-electron chi connectivity index (χ3n) is 6.16. The maximum Gasteiger partial charge on any atom is 0.308 e. The van der Waals surface area contributed by atoms with E-state index in [1.807, 2.05) is 54.6 Å². The Balaban J connectivity index is 1.33. The monoisotopic (exact) mass is 463 g/mol. The van der Waals surface area contributed by atoms with Gasteiger partial charge in [-0.25, -0.2) is 0 Å². The van der Waals surface area contributed by atoms with Crippen molar-refractivity contribution in [2.75, 3.05) is 6.61 Å². The highest BCUT2D eigenvalue weighted by atomic mass is 16.6. The van der Waals surface area contributed by atoms with E-state index in [4.69, 9.17) is 9.47 Å². The zero-order valence-electron chi connectivity index (χ0n) is 18.7. The Kier molecular flexibility index (Phi) is 5.15. The third kappa shape index (κ3) is 3.77. The Hall–Kier alpha value is -4.65. The van der Waals surface area contributed by atoms with Crippen molar-refractivity contribution in [3.8, 4) is 17.4 Å². The molecule has 4 aromatic carbocycles. The van der Waals surface area contributed by atoms with Crippen LogP contribution in [0.3, 0.4) is 0 Å². The fraction of sp³-hybridized carbons (Fsp3) is 0.107. The lowest BCUT2D eigenvalue weighted by atomic mass is 10.0. The number of azo groups is 1. The predicted molar refractivity (Wildman–Crippen MR) is 133 cm³/mol. The first-order valence-electron chi connectivity index (χ1n) is 11.3. The topological polar surface area (TPSA) is 85.4 Å². The molecular weight excluding hydrogens is 442 g/mol. The number of hydrogen-bond donors (Lipinski definition) is 1. The summed E-state index contributed by atoms with van der Waals surface area (Å²) in [6.45, 7) is 0.483. The highest BCUT2D eigenvalue weighted by Crippen LogP contribution is 2.40. The molecule has 0 spiro atoms. The van der Waals surface area contributed by atoms with Gasteiger partial charge in [0.05, 0.1) is 12.1 Å². The number of aromatic hydroxyl groups is 1. The fourth-order valence-electron chi connectivity index (χ4n) is 4.44. The molecule has 7 nitrogen and oxygen atoms in total. The molecule has 1 aliphatic heterocycles. The van der Waals surface area contributed by atoms with Gasteiger partial charge < -0.3 is 19.1 Å². The lowest BCUT2D eigenvalue weighted by molar-refractivity contribution is -0.127. The van der Waals surface area contributed by atoms with Crippen molar-refractivity contribution in [3.05, 3.63) is 96.6 Å². The van der Waals surface area contributed by atoms with E-state index >= 15 is 0 Å². The Morgan fingerprint density at radius 2 is 1.60 bits per heavy atom. The van der Waals surface area contributed by atoms with Crippen LogP contribution in [0.25, 0.3) is 21.7 Å². The number of fused-ring (bicyclic) bond motifs is 3. The lowest BCUT2D eigenvalue weighted by Crippen LogP contribution is -2.35. The van der Waals surface area contributed by atoms with Gasteiger partial charge in [0, 0.05) is 5.39 Å². The molecule has 6 rings (SSSR count). The highest BCUT2D eigenvalue weighted by Gasteiger charge is 2.28. The fourth-order valence-corrected chi connectivity index (χ4v) is 4.44. The van der Waals surface area contributed by atoms with Crippen LogP contribution in [0.4, 0.5) is 5.69 Å². The predicted octanol–water partition coefficient (Wildman–Crippen LogP) is 6.00. The summed E-state index contributed by atoms with van der Waals surface area (Å²) in [5.41, 5.74) is 2.10. The van der Waals surface area contributed by atoms with Gasteiger partial charge in [0.1, 0.15) is 6.61 Å². The Morgan fingerprint density at radius 1 is 0.886 bits per heavy atom. The lowest BCUT2D eigenvalue weighted by Gasteiger charge is -2.23. The van der Waals surface area contributed by atoms with E-state index in [9.17, 15) is 9.90 Å². The van der Waals surface area contributed by atoms with Crippen molar-refractivity contribution in [3.63, 3.8) is 0 Å². The molecule has 0 saturated carbocycles. The Labute approximate surface area is 200 Å². The number of ether oxygens (including phenoxy) is 2. The van der Waals surface area contributed by atoms with Crippen LogP contribution in [0, 0.1) is 0 Å². The first-order chi connectivity index (χ1) is 17.2. The summed E-state index contributed by atoms with van der Waals surface area (Å²) in [7, 11) is 0. The molecule has 7 heteroatoms. The summed E-state index contributed by atoms with van der Waals surface area (Å²) in [6.07, 6.45) is -0.903. The van der Waals surface area contributed by atoms with Crippen LogP contribution in [0.5, 0.6) is 17.4 Å². The van der Waals surface area contributed by atoms with Crippen molar-refractivity contribution in [2.45, 2.75) is 12.6 Å². The second-order valence-corrected chi connectivity index (χ2v) is 8.32. The first-order valence-corrected chi connectivity index (χ1v) is 11.3. The van der Waals surface area contributed by atoms with Crippen LogP contribution in [0.2, 0.25) is 0 Å². The van der Waals surface area contributed by atoms with Gasteiger partial charge >= 0.3 is 5.91 Å². The van der Waals surface area contributed by atoms with Crippen LogP contribution in [-0.2, 0) is 11.3 Å². The molecule has 1 aromatic heterocycles. The number of aromatic nitrogens is 1. The molecule has 172 valence electrons. The molecule has 2 heterocycles. The van der Waals surface area contributed by atoms with E-state index in [2.05, 4.69) is 28.4 Å². The van der Waals surface area contributed by atoms with E-state index < -0.39 is 12.0 Å². The molecule has 1 aliphatic rings. The van der Waals surface area contributed by atoms with Gasteiger partial charge in [-0.1, -0.05) is 72.8 Å². The molecule has 0 aliphatic carbocycles. The van der Waals surface area contributed by atoms with Gasteiger partial charge in [-0.05, 0) is 34.5 Å². The van der Waals surface area contributed by atoms with Gasteiger partial charge in [-0.15, -0.1) is 10.2 Å². The summed E-state index contributed by atoms with van der Waals surface area (Å²) >= 11 is 0. The number of carbonyl (C=O) groups is 1. The van der Waals surface area contributed by atoms with E-state index in [0.717, 1.165) is 21.9 Å². The van der Waals surface area contributed by atoms with Gasteiger partial charge in [0.15, 0.2) is 17.2 Å². The molecule has 5 aromatic rings. The summed E-state index contributed by atoms with van der Waals surface area (Å²) in [5, 5.41) is 22.1. The molecule has 0 unspecified atom stereocenters. The maximum absolute atomic E-state index is 12.7. The quantitative estimate of drug-likeness (QED) is 0.331. The number of carbonyl (C=O) groups excluding carboxylic acids is 1. The van der Waals surface area contributed by atoms with Crippen LogP contribution in [0.1, 0.15) is 5.56 Å². The van der Waals surface area contributed by atoms with Gasteiger partial charge in [-0.2, -0.15) is 0 Å². The average Bonchev–Trinajstić information content (AvgIpc) is 3.17. The molecule has 35 heavy (non-hydrogen) atoms. The van der Waals surface area contributed by atoms with Crippen molar-refractivity contribution in [1.29, 1.82) is 0 Å². The second kappa shape index (κ2) is 8.61. The van der Waals surface area contributed by atoms with Gasteiger partial charge in [0.25, 0.3) is 0 Å². The minimum absolute atomic E-state index is 0.0453. The van der Waals surface area contributed by atoms with Gasteiger partial charge in [0.2, 0.25) is 12.0 Å². The van der Waals surface area contributed by atoms with Crippen LogP contribution in [-0.4, -0.2) is 28.3 Å². The molecule has 0 radical (unpaired) electrons. The number of benzene rings is 4. The number of nitrogens with zero attached hydrogens (tertiary/aromatic N) is 3. The molecule has 0 bridgehead atoms. The number of para-hydroxylation sites is 3. The molecule has 0 fully saturated rings. The summed E-state index contributed by atoms with van der Waals surface area (Å²) in [4.78, 5) is 12.7. The van der Waals surface area contributed by atoms with Gasteiger partial charge in [-0.3, -0.25) is 4.79 Å². The molecular formula is C28H21N3O4. The van der Waals surface area contributed by atoms with E-state index in [1.54, 1.807) is 22.8 Å². The van der Waals surface area contributed by atoms with E-state index in [1.165, 1.54) is 0 Å². The van der Waals surface area contributed by atoms with Crippen molar-refractivity contribution in [1.82, 2.24) is 4.57 Å². The largest absolute Gasteiger partial charge is 0.493 e.